The quantitative estimate of drug-likeness (QED) is 0.681. The Hall–Kier alpha value is -1.26. The molecule has 0 unspecified atom stereocenters. The fourth-order valence-electron chi connectivity index (χ4n) is 1.32. The molecule has 1 aromatic heterocycles. The molecule has 2 aromatic rings. The SMILES string of the molecule is Nc1cc(F)ccc1CSc1ncccc1Cl. The molecule has 5 heteroatoms. The van der Waals surface area contributed by atoms with Crippen LogP contribution in [0, 0.1) is 5.82 Å². The van der Waals surface area contributed by atoms with E-state index in [2.05, 4.69) is 4.98 Å². The molecule has 0 spiro atoms. The average molecular weight is 269 g/mol. The molecule has 0 saturated heterocycles. The van der Waals surface area contributed by atoms with Gasteiger partial charge in [-0.1, -0.05) is 17.7 Å². The fourth-order valence-corrected chi connectivity index (χ4v) is 2.50. The lowest BCUT2D eigenvalue weighted by Gasteiger charge is -2.06. The number of aromatic nitrogens is 1. The van der Waals surface area contributed by atoms with Gasteiger partial charge in [0.25, 0.3) is 0 Å². The minimum absolute atomic E-state index is 0.327. The molecule has 2 nitrogen and oxygen atoms in total. The van der Waals surface area contributed by atoms with Crippen molar-refractivity contribution < 1.29 is 4.39 Å². The Kier molecular flexibility index (Phi) is 3.86. The monoisotopic (exact) mass is 268 g/mol. The van der Waals surface area contributed by atoms with Gasteiger partial charge in [-0.05, 0) is 29.8 Å². The van der Waals surface area contributed by atoms with E-state index in [9.17, 15) is 4.39 Å². The lowest BCUT2D eigenvalue weighted by Crippen LogP contribution is -1.94. The number of rotatable bonds is 3. The number of nitrogen functional groups attached to an aromatic ring is 1. The summed E-state index contributed by atoms with van der Waals surface area (Å²) in [5, 5.41) is 1.36. The predicted octanol–water partition coefficient (Wildman–Crippen LogP) is 3.75. The average Bonchev–Trinajstić information content (AvgIpc) is 2.30. The van der Waals surface area contributed by atoms with E-state index in [0.717, 1.165) is 10.6 Å². The molecule has 0 radical (unpaired) electrons. The van der Waals surface area contributed by atoms with Crippen molar-refractivity contribution in [2.45, 2.75) is 10.8 Å². The van der Waals surface area contributed by atoms with E-state index in [1.807, 2.05) is 0 Å². The number of nitrogens with zero attached hydrogens (tertiary/aromatic N) is 1. The van der Waals surface area contributed by atoms with Crippen LogP contribution in [0.1, 0.15) is 5.56 Å². The second-order valence-electron chi connectivity index (χ2n) is 3.42. The van der Waals surface area contributed by atoms with E-state index in [1.54, 1.807) is 24.4 Å². The highest BCUT2D eigenvalue weighted by Gasteiger charge is 2.05. The van der Waals surface area contributed by atoms with Crippen LogP contribution in [0.25, 0.3) is 0 Å². The molecule has 0 amide bonds. The Morgan fingerprint density at radius 2 is 2.18 bits per heavy atom. The van der Waals surface area contributed by atoms with Crippen molar-refractivity contribution in [2.75, 3.05) is 5.73 Å². The number of benzene rings is 1. The third-order valence-electron chi connectivity index (χ3n) is 2.20. The van der Waals surface area contributed by atoms with Crippen LogP contribution < -0.4 is 5.73 Å². The standard InChI is InChI=1S/C12H10ClFN2S/c13-10-2-1-5-16-12(10)17-7-8-3-4-9(14)6-11(8)15/h1-6H,7,15H2. The van der Waals surface area contributed by atoms with Crippen LogP contribution in [-0.4, -0.2) is 4.98 Å². The van der Waals surface area contributed by atoms with Gasteiger partial charge in [-0.2, -0.15) is 0 Å². The Morgan fingerprint density at radius 3 is 2.88 bits per heavy atom. The summed E-state index contributed by atoms with van der Waals surface area (Å²) >= 11 is 7.46. The van der Waals surface area contributed by atoms with Crippen molar-refractivity contribution in [3.05, 3.63) is 52.9 Å². The highest BCUT2D eigenvalue weighted by molar-refractivity contribution is 7.98. The van der Waals surface area contributed by atoms with Crippen LogP contribution >= 0.6 is 23.4 Å². The molecule has 0 saturated carbocycles. The summed E-state index contributed by atoms with van der Waals surface area (Å²) in [5.41, 5.74) is 7.04. The maximum atomic E-state index is 12.9. The summed E-state index contributed by atoms with van der Waals surface area (Å²) in [6.07, 6.45) is 1.68. The summed E-state index contributed by atoms with van der Waals surface area (Å²) in [5.74, 6) is 0.287. The molecular formula is C12H10ClFN2S. The molecule has 1 heterocycles. The Balaban J connectivity index is 2.10. The van der Waals surface area contributed by atoms with E-state index < -0.39 is 0 Å². The van der Waals surface area contributed by atoms with Crippen molar-refractivity contribution >= 4 is 29.1 Å². The molecule has 0 fully saturated rings. The van der Waals surface area contributed by atoms with E-state index in [0.29, 0.717) is 16.5 Å². The van der Waals surface area contributed by atoms with Gasteiger partial charge in [0.15, 0.2) is 0 Å². The zero-order valence-electron chi connectivity index (χ0n) is 8.86. The third-order valence-corrected chi connectivity index (χ3v) is 3.67. The molecule has 0 aliphatic rings. The summed E-state index contributed by atoms with van der Waals surface area (Å²) < 4.78 is 12.9. The lowest BCUT2D eigenvalue weighted by atomic mass is 10.2. The van der Waals surface area contributed by atoms with Crippen LogP contribution in [0.15, 0.2) is 41.6 Å². The zero-order valence-corrected chi connectivity index (χ0v) is 10.4. The first kappa shape index (κ1) is 12.2. The fraction of sp³-hybridized carbons (Fsp3) is 0.0833. The minimum Gasteiger partial charge on any atom is -0.398 e. The van der Waals surface area contributed by atoms with Crippen LogP contribution in [-0.2, 0) is 5.75 Å². The Bertz CT molecular complexity index is 534. The van der Waals surface area contributed by atoms with E-state index in [-0.39, 0.29) is 5.82 Å². The zero-order chi connectivity index (χ0) is 12.3. The number of pyridine rings is 1. The topological polar surface area (TPSA) is 38.9 Å². The molecule has 2 rings (SSSR count). The lowest BCUT2D eigenvalue weighted by molar-refractivity contribution is 0.628. The number of hydrogen-bond acceptors (Lipinski definition) is 3. The third kappa shape index (κ3) is 3.11. The van der Waals surface area contributed by atoms with Crippen molar-refractivity contribution in [3.63, 3.8) is 0 Å². The van der Waals surface area contributed by atoms with Gasteiger partial charge in [0.05, 0.1) is 5.02 Å². The summed E-state index contributed by atoms with van der Waals surface area (Å²) in [6.45, 7) is 0. The van der Waals surface area contributed by atoms with Gasteiger partial charge in [-0.3, -0.25) is 0 Å². The maximum absolute atomic E-state index is 12.9. The number of halogens is 2. The molecular weight excluding hydrogens is 259 g/mol. The predicted molar refractivity (Wildman–Crippen MR) is 69.6 cm³/mol. The number of anilines is 1. The number of nitrogens with two attached hydrogens (primary N) is 1. The molecule has 0 aliphatic carbocycles. The van der Waals surface area contributed by atoms with E-state index in [1.165, 1.54) is 23.9 Å². The summed E-state index contributed by atoms with van der Waals surface area (Å²) in [7, 11) is 0. The molecule has 0 bridgehead atoms. The first-order valence-corrected chi connectivity index (χ1v) is 6.30. The van der Waals surface area contributed by atoms with Crippen LogP contribution in [0.5, 0.6) is 0 Å². The van der Waals surface area contributed by atoms with E-state index >= 15 is 0 Å². The smallest absolute Gasteiger partial charge is 0.125 e. The van der Waals surface area contributed by atoms with Crippen molar-refractivity contribution in [1.29, 1.82) is 0 Å². The molecule has 17 heavy (non-hydrogen) atoms. The molecule has 1 aromatic carbocycles. The van der Waals surface area contributed by atoms with Crippen LogP contribution in [0.3, 0.4) is 0 Å². The van der Waals surface area contributed by atoms with Gasteiger partial charge in [0, 0.05) is 17.6 Å². The van der Waals surface area contributed by atoms with Crippen molar-refractivity contribution in [1.82, 2.24) is 4.98 Å². The van der Waals surface area contributed by atoms with Gasteiger partial charge in [0.1, 0.15) is 10.8 Å². The molecule has 0 atom stereocenters. The van der Waals surface area contributed by atoms with Crippen molar-refractivity contribution in [2.24, 2.45) is 0 Å². The Morgan fingerprint density at radius 1 is 1.35 bits per heavy atom. The largest absolute Gasteiger partial charge is 0.398 e. The summed E-state index contributed by atoms with van der Waals surface area (Å²) in [6, 6.07) is 7.94. The normalized spacial score (nSPS) is 10.5. The van der Waals surface area contributed by atoms with Gasteiger partial charge in [-0.25, -0.2) is 9.37 Å². The molecule has 2 N–H and O–H groups in total. The maximum Gasteiger partial charge on any atom is 0.125 e. The van der Waals surface area contributed by atoms with Crippen molar-refractivity contribution in [3.8, 4) is 0 Å². The highest BCUT2D eigenvalue weighted by Crippen LogP contribution is 2.29. The first-order chi connectivity index (χ1) is 8.16. The minimum atomic E-state index is -0.327. The first-order valence-electron chi connectivity index (χ1n) is 4.94. The van der Waals surface area contributed by atoms with Gasteiger partial charge in [-0.15, -0.1) is 11.8 Å². The summed E-state index contributed by atoms with van der Waals surface area (Å²) in [4.78, 5) is 4.16. The Labute approximate surface area is 108 Å². The molecule has 88 valence electrons. The van der Waals surface area contributed by atoms with Gasteiger partial charge in [0.2, 0.25) is 0 Å². The second-order valence-corrected chi connectivity index (χ2v) is 4.79. The van der Waals surface area contributed by atoms with Gasteiger partial charge >= 0.3 is 0 Å². The number of hydrogen-bond donors (Lipinski definition) is 1. The highest BCUT2D eigenvalue weighted by atomic mass is 35.5. The van der Waals surface area contributed by atoms with Crippen LogP contribution in [0.2, 0.25) is 5.02 Å². The molecule has 0 aliphatic heterocycles. The van der Waals surface area contributed by atoms with Crippen LogP contribution in [0.4, 0.5) is 10.1 Å². The second kappa shape index (κ2) is 5.38. The number of thioether (sulfide) groups is 1. The van der Waals surface area contributed by atoms with E-state index in [4.69, 9.17) is 17.3 Å². The van der Waals surface area contributed by atoms with Gasteiger partial charge < -0.3 is 5.73 Å².